The first-order chi connectivity index (χ1) is 5.27. The van der Waals surface area contributed by atoms with Crippen LogP contribution in [0, 0.1) is 5.21 Å². The summed E-state index contributed by atoms with van der Waals surface area (Å²) in [6, 6.07) is 0. The van der Waals surface area contributed by atoms with Crippen molar-refractivity contribution in [2.45, 2.75) is 0 Å². The average Bonchev–Trinajstić information content (AvgIpc) is 2.34. The number of hydrogen-bond acceptors (Lipinski definition) is 3. The van der Waals surface area contributed by atoms with E-state index in [2.05, 4.69) is 4.99 Å². The lowest BCUT2D eigenvalue weighted by atomic mass is 10.1. The fourth-order valence-electron chi connectivity index (χ4n) is 1.000. The Morgan fingerprint density at radius 2 is 2.36 bits per heavy atom. The molecule has 0 unspecified atom stereocenters. The quantitative estimate of drug-likeness (QED) is 0.358. The molecule has 0 radical (unpaired) electrons. The van der Waals surface area contributed by atoms with Gasteiger partial charge in [0, 0.05) is 12.3 Å². The van der Waals surface area contributed by atoms with E-state index in [1.165, 1.54) is 18.5 Å². The summed E-state index contributed by atoms with van der Waals surface area (Å²) in [7, 11) is 0. The topological polar surface area (TPSA) is 55.5 Å². The number of nitrogens with zero attached hydrogens (tertiary/aromatic N) is 2. The smallest absolute Gasteiger partial charge is 0.244 e. The normalized spacial score (nSPS) is 20.7. The van der Waals surface area contributed by atoms with Gasteiger partial charge in [0.2, 0.25) is 17.7 Å². The number of carbonyl (C=O) groups is 1. The van der Waals surface area contributed by atoms with Gasteiger partial charge in [-0.1, -0.05) is 0 Å². The molecule has 0 fully saturated rings. The summed E-state index contributed by atoms with van der Waals surface area (Å²) in [6.07, 6.45) is 5.30. The predicted octanol–water partition coefficient (Wildman–Crippen LogP) is 0.00240. The minimum atomic E-state index is -0.291. The largest absolute Gasteiger partial charge is 0.618 e. The maximum Gasteiger partial charge on any atom is 0.244 e. The molecule has 11 heavy (non-hydrogen) atoms. The van der Waals surface area contributed by atoms with E-state index < -0.39 is 0 Å². The van der Waals surface area contributed by atoms with Crippen molar-refractivity contribution in [1.29, 1.82) is 0 Å². The van der Waals surface area contributed by atoms with Gasteiger partial charge in [-0.25, -0.2) is 0 Å². The van der Waals surface area contributed by atoms with Crippen LogP contribution in [-0.4, -0.2) is 23.0 Å². The Morgan fingerprint density at radius 3 is 3.18 bits per heavy atom. The van der Waals surface area contributed by atoms with Crippen LogP contribution < -0.4 is 0 Å². The molecule has 0 saturated carbocycles. The van der Waals surface area contributed by atoms with Gasteiger partial charge in [0.15, 0.2) is 0 Å². The highest BCUT2D eigenvalue weighted by molar-refractivity contribution is 6.33. The molecular weight excluding hydrogens is 144 g/mol. The highest BCUT2D eigenvalue weighted by atomic mass is 16.5. The van der Waals surface area contributed by atoms with Gasteiger partial charge in [-0.3, -0.25) is 9.79 Å². The van der Waals surface area contributed by atoms with E-state index >= 15 is 0 Å². The zero-order chi connectivity index (χ0) is 7.84. The van der Waals surface area contributed by atoms with E-state index in [4.69, 9.17) is 0 Å². The van der Waals surface area contributed by atoms with Crippen LogP contribution in [0.4, 0.5) is 0 Å². The average molecular weight is 148 g/mol. The van der Waals surface area contributed by atoms with Crippen molar-refractivity contribution < 1.29 is 9.53 Å². The van der Waals surface area contributed by atoms with E-state index in [1.54, 1.807) is 0 Å². The molecular formula is C7H4N2O2. The Labute approximate surface area is 62.4 Å². The summed E-state index contributed by atoms with van der Waals surface area (Å²) in [5.74, 6) is -0.291. The highest BCUT2D eigenvalue weighted by Gasteiger charge is 2.22. The number of carbonyl (C=O) groups excluding carboxylic acids is 1. The van der Waals surface area contributed by atoms with Crippen molar-refractivity contribution in [3.05, 3.63) is 28.8 Å². The van der Waals surface area contributed by atoms with Crippen molar-refractivity contribution >= 4 is 18.2 Å². The monoisotopic (exact) mass is 148 g/mol. The Balaban J connectivity index is 2.54. The molecule has 0 spiro atoms. The third-order valence-corrected chi connectivity index (χ3v) is 1.49. The molecule has 2 heterocycles. The van der Waals surface area contributed by atoms with Gasteiger partial charge in [-0.05, 0) is 0 Å². The zero-order valence-electron chi connectivity index (χ0n) is 5.52. The number of rotatable bonds is 0. The second-order valence-electron chi connectivity index (χ2n) is 2.25. The van der Waals surface area contributed by atoms with E-state index in [0.717, 1.165) is 6.21 Å². The molecule has 54 valence electrons. The lowest BCUT2D eigenvalue weighted by Gasteiger charge is -2.06. The van der Waals surface area contributed by atoms with Gasteiger partial charge in [-0.15, -0.1) is 0 Å². The van der Waals surface area contributed by atoms with Crippen molar-refractivity contribution in [1.82, 2.24) is 0 Å². The summed E-state index contributed by atoms with van der Waals surface area (Å²) >= 11 is 0. The zero-order valence-corrected chi connectivity index (χ0v) is 5.52. The standard InChI is InChI=1S/C7H4N2O2/c10-6-1-5-2-8-3-7(5)9(11)4-6/h1-4H. The molecule has 0 atom stereocenters. The van der Waals surface area contributed by atoms with Crippen LogP contribution in [0.25, 0.3) is 0 Å². The first kappa shape index (κ1) is 6.03. The molecule has 0 saturated heterocycles. The van der Waals surface area contributed by atoms with E-state index in [-0.39, 0.29) is 5.78 Å². The van der Waals surface area contributed by atoms with E-state index in [1.807, 2.05) is 0 Å². The molecule has 2 aliphatic heterocycles. The summed E-state index contributed by atoms with van der Waals surface area (Å²) in [4.78, 5) is 14.5. The first-order valence-corrected chi connectivity index (χ1v) is 3.08. The predicted molar refractivity (Wildman–Crippen MR) is 39.4 cm³/mol. The molecule has 0 aromatic carbocycles. The van der Waals surface area contributed by atoms with Crippen LogP contribution >= 0.6 is 0 Å². The van der Waals surface area contributed by atoms with Gasteiger partial charge in [-0.2, -0.15) is 4.74 Å². The molecule has 0 aromatic rings. The highest BCUT2D eigenvalue weighted by Crippen LogP contribution is 2.16. The Morgan fingerprint density at radius 1 is 1.55 bits per heavy atom. The van der Waals surface area contributed by atoms with Crippen molar-refractivity contribution in [2.75, 3.05) is 0 Å². The van der Waals surface area contributed by atoms with Crippen LogP contribution in [0.3, 0.4) is 0 Å². The molecule has 0 bridgehead atoms. The van der Waals surface area contributed by atoms with Gasteiger partial charge in [0.1, 0.15) is 6.20 Å². The Hall–Kier alpha value is -1.71. The molecule has 4 heteroatoms. The van der Waals surface area contributed by atoms with E-state index in [9.17, 15) is 10.0 Å². The summed E-state index contributed by atoms with van der Waals surface area (Å²) in [5, 5.41) is 10.9. The van der Waals surface area contributed by atoms with Crippen LogP contribution in [0.2, 0.25) is 0 Å². The number of allylic oxidation sites excluding steroid dienone is 2. The van der Waals surface area contributed by atoms with Crippen LogP contribution in [-0.2, 0) is 4.79 Å². The maximum absolute atomic E-state index is 10.9. The fraction of sp³-hybridized carbons (Fsp3) is 0. The minimum absolute atomic E-state index is 0.291. The maximum atomic E-state index is 10.9. The molecule has 0 aromatic heterocycles. The first-order valence-electron chi connectivity index (χ1n) is 3.08. The Bertz CT molecular complexity index is 347. The van der Waals surface area contributed by atoms with Crippen LogP contribution in [0.5, 0.6) is 0 Å². The third kappa shape index (κ3) is 0.797. The second kappa shape index (κ2) is 1.88. The van der Waals surface area contributed by atoms with Gasteiger partial charge < -0.3 is 5.21 Å². The number of ketones is 1. The molecule has 0 N–H and O–H groups in total. The number of aliphatic imine (C=N–C) groups is 1. The fourth-order valence-corrected chi connectivity index (χ4v) is 1.000. The second-order valence-corrected chi connectivity index (χ2v) is 2.25. The van der Waals surface area contributed by atoms with Crippen molar-refractivity contribution in [2.24, 2.45) is 4.99 Å². The van der Waals surface area contributed by atoms with Crippen LogP contribution in [0.1, 0.15) is 0 Å². The molecule has 0 aliphatic carbocycles. The van der Waals surface area contributed by atoms with Gasteiger partial charge in [0.25, 0.3) is 0 Å². The Kier molecular flexibility index (Phi) is 1.03. The van der Waals surface area contributed by atoms with Gasteiger partial charge in [0.05, 0.1) is 5.57 Å². The number of hydrogen-bond donors (Lipinski definition) is 0. The lowest BCUT2D eigenvalue weighted by molar-refractivity contribution is -0.390. The number of fused-ring (bicyclic) bond motifs is 1. The number of hydroxylamine groups is 1. The van der Waals surface area contributed by atoms with Crippen molar-refractivity contribution in [3.8, 4) is 0 Å². The van der Waals surface area contributed by atoms with E-state index in [0.29, 0.717) is 16.0 Å². The summed E-state index contributed by atoms with van der Waals surface area (Å²) in [6.45, 7) is 0. The SMILES string of the molecule is O=C1C=C2C=NC=C2[N+]([O-])=C1. The summed E-state index contributed by atoms with van der Waals surface area (Å²) in [5.41, 5.74) is 1.03. The summed E-state index contributed by atoms with van der Waals surface area (Å²) < 4.78 is 0.532. The molecule has 4 nitrogen and oxygen atoms in total. The van der Waals surface area contributed by atoms with Gasteiger partial charge >= 0.3 is 0 Å². The third-order valence-electron chi connectivity index (χ3n) is 1.49. The molecule has 2 aliphatic rings. The minimum Gasteiger partial charge on any atom is -0.618 e. The molecule has 0 amide bonds. The van der Waals surface area contributed by atoms with Crippen molar-refractivity contribution in [3.63, 3.8) is 0 Å². The molecule has 2 rings (SSSR count). The van der Waals surface area contributed by atoms with Crippen LogP contribution in [0.15, 0.2) is 28.5 Å². The lowest BCUT2D eigenvalue weighted by Crippen LogP contribution is -2.17.